The monoisotopic (exact) mass is 251 g/mol. The first-order valence-electron chi connectivity index (χ1n) is 5.88. The fourth-order valence-electron chi connectivity index (χ4n) is 2.04. The van der Waals surface area contributed by atoms with E-state index in [4.69, 9.17) is 5.84 Å². The van der Waals surface area contributed by atoms with Gasteiger partial charge in [0, 0.05) is 19.0 Å². The van der Waals surface area contributed by atoms with Gasteiger partial charge in [-0.25, -0.2) is 15.8 Å². The summed E-state index contributed by atoms with van der Waals surface area (Å²) in [6.07, 6.45) is 3.24. The number of carbonyl (C=O) groups is 1. The second-order valence-electron chi connectivity index (χ2n) is 4.47. The highest BCUT2D eigenvalue weighted by atomic mass is 16.3. The first kappa shape index (κ1) is 12.7. The van der Waals surface area contributed by atoms with Crippen molar-refractivity contribution in [3.05, 3.63) is 18.1 Å². The summed E-state index contributed by atoms with van der Waals surface area (Å²) in [4.78, 5) is 21.7. The Morgan fingerprint density at radius 3 is 2.89 bits per heavy atom. The van der Waals surface area contributed by atoms with Crippen LogP contribution in [0.2, 0.25) is 0 Å². The van der Waals surface area contributed by atoms with E-state index >= 15 is 0 Å². The van der Waals surface area contributed by atoms with Crippen LogP contribution < -0.4 is 11.3 Å². The normalized spacial score (nSPS) is 20.8. The topological polar surface area (TPSA) is 104 Å². The third-order valence-corrected chi connectivity index (χ3v) is 3.21. The van der Waals surface area contributed by atoms with Gasteiger partial charge in [0.1, 0.15) is 5.69 Å². The average molecular weight is 251 g/mol. The molecule has 4 N–H and O–H groups in total. The number of hydrazine groups is 1. The number of aliphatic hydroxyl groups is 1. The van der Waals surface area contributed by atoms with E-state index in [9.17, 15) is 9.90 Å². The lowest BCUT2D eigenvalue weighted by Crippen LogP contribution is -2.31. The number of hydrogen-bond donors (Lipinski definition) is 3. The highest BCUT2D eigenvalue weighted by molar-refractivity contribution is 5.92. The molecule has 1 aromatic heterocycles. The first-order valence-corrected chi connectivity index (χ1v) is 5.88. The van der Waals surface area contributed by atoms with Crippen molar-refractivity contribution in [3.63, 3.8) is 0 Å². The Kier molecular flexibility index (Phi) is 3.73. The number of rotatable bonds is 3. The molecular weight excluding hydrogens is 234 g/mol. The molecule has 7 heteroatoms. The molecule has 1 fully saturated rings. The van der Waals surface area contributed by atoms with Crippen LogP contribution in [0, 0.1) is 5.92 Å². The smallest absolute Gasteiger partial charge is 0.274 e. The number of nitrogens with two attached hydrogens (primary N) is 1. The molecule has 18 heavy (non-hydrogen) atoms. The van der Waals surface area contributed by atoms with Gasteiger partial charge in [0.05, 0.1) is 18.5 Å². The van der Waals surface area contributed by atoms with Crippen LogP contribution in [0.25, 0.3) is 0 Å². The maximum atomic E-state index is 12.1. The number of amides is 1. The third kappa shape index (κ3) is 2.57. The number of hydrogen-bond acceptors (Lipinski definition) is 6. The Balaban J connectivity index is 2.03. The molecule has 1 aliphatic heterocycles. The highest BCUT2D eigenvalue weighted by Crippen LogP contribution is 2.20. The molecule has 2 rings (SSSR count). The van der Waals surface area contributed by atoms with Gasteiger partial charge < -0.3 is 15.4 Å². The zero-order chi connectivity index (χ0) is 13.1. The van der Waals surface area contributed by atoms with Crippen molar-refractivity contribution in [2.24, 2.45) is 11.8 Å². The minimum atomic E-state index is -0.391. The van der Waals surface area contributed by atoms with Crippen LogP contribution in [0.1, 0.15) is 23.8 Å². The average Bonchev–Trinajstić information content (AvgIpc) is 2.88. The van der Waals surface area contributed by atoms with E-state index in [1.807, 2.05) is 0 Å². The predicted octanol–water partition coefficient (Wildman–Crippen LogP) is -0.395. The molecule has 0 spiro atoms. The maximum Gasteiger partial charge on any atom is 0.274 e. The molecule has 1 aromatic rings. The number of likely N-dealkylation sites (tertiary alicyclic amines) is 1. The van der Waals surface area contributed by atoms with Crippen molar-refractivity contribution < 1.29 is 9.90 Å². The van der Waals surface area contributed by atoms with E-state index in [2.05, 4.69) is 15.4 Å². The van der Waals surface area contributed by atoms with Crippen LogP contribution in [-0.2, 0) is 0 Å². The van der Waals surface area contributed by atoms with Gasteiger partial charge in [0.15, 0.2) is 5.82 Å². The van der Waals surface area contributed by atoms with E-state index in [1.165, 1.54) is 12.4 Å². The Morgan fingerprint density at radius 2 is 2.39 bits per heavy atom. The highest BCUT2D eigenvalue weighted by Gasteiger charge is 2.30. The standard InChI is InChI=1S/C11H17N5O2/c1-7(17)8-2-3-16(6-8)11(18)9-4-14-10(15-12)5-13-9/h4-5,7-8,17H,2-3,6,12H2,1H3,(H,14,15). The molecule has 0 saturated carbocycles. The van der Waals surface area contributed by atoms with Crippen LogP contribution in [0.15, 0.2) is 12.4 Å². The Bertz CT molecular complexity index is 420. The minimum Gasteiger partial charge on any atom is -0.393 e. The summed E-state index contributed by atoms with van der Waals surface area (Å²) in [5, 5.41) is 9.50. The summed E-state index contributed by atoms with van der Waals surface area (Å²) in [5.74, 6) is 5.57. The van der Waals surface area contributed by atoms with Crippen molar-refractivity contribution in [3.8, 4) is 0 Å². The Labute approximate surface area is 105 Å². The van der Waals surface area contributed by atoms with E-state index in [0.29, 0.717) is 24.6 Å². The van der Waals surface area contributed by atoms with Crippen molar-refractivity contribution in [2.75, 3.05) is 18.5 Å². The zero-order valence-electron chi connectivity index (χ0n) is 10.2. The molecule has 0 aliphatic carbocycles. The maximum absolute atomic E-state index is 12.1. The lowest BCUT2D eigenvalue weighted by molar-refractivity contribution is 0.0756. The summed E-state index contributed by atoms with van der Waals surface area (Å²) in [6, 6.07) is 0. The van der Waals surface area contributed by atoms with Crippen LogP contribution in [0.4, 0.5) is 5.82 Å². The number of nitrogens with one attached hydrogen (secondary N) is 1. The molecule has 1 saturated heterocycles. The van der Waals surface area contributed by atoms with E-state index < -0.39 is 6.10 Å². The van der Waals surface area contributed by atoms with Gasteiger partial charge in [0.2, 0.25) is 0 Å². The molecule has 98 valence electrons. The van der Waals surface area contributed by atoms with Gasteiger partial charge in [-0.3, -0.25) is 4.79 Å². The molecular formula is C11H17N5O2. The molecule has 7 nitrogen and oxygen atoms in total. The van der Waals surface area contributed by atoms with Gasteiger partial charge >= 0.3 is 0 Å². The van der Waals surface area contributed by atoms with Crippen molar-refractivity contribution in [1.29, 1.82) is 0 Å². The molecule has 0 radical (unpaired) electrons. The second kappa shape index (κ2) is 5.28. The predicted molar refractivity (Wildman–Crippen MR) is 65.5 cm³/mol. The number of aliphatic hydroxyl groups excluding tert-OH is 1. The molecule has 0 bridgehead atoms. The molecule has 2 heterocycles. The lowest BCUT2D eigenvalue weighted by Gasteiger charge is -2.17. The van der Waals surface area contributed by atoms with Crippen molar-refractivity contribution in [1.82, 2.24) is 14.9 Å². The summed E-state index contributed by atoms with van der Waals surface area (Å²) < 4.78 is 0. The molecule has 1 aliphatic rings. The molecule has 0 aromatic carbocycles. The Hall–Kier alpha value is -1.73. The molecule has 2 unspecified atom stereocenters. The summed E-state index contributed by atoms with van der Waals surface area (Å²) in [6.45, 7) is 2.96. The summed E-state index contributed by atoms with van der Waals surface area (Å²) >= 11 is 0. The third-order valence-electron chi connectivity index (χ3n) is 3.21. The lowest BCUT2D eigenvalue weighted by atomic mass is 10.0. The second-order valence-corrected chi connectivity index (χ2v) is 4.47. The van der Waals surface area contributed by atoms with Crippen LogP contribution in [0.3, 0.4) is 0 Å². The van der Waals surface area contributed by atoms with Gasteiger partial charge in [-0.15, -0.1) is 0 Å². The number of nitrogen functional groups attached to an aromatic ring is 1. The van der Waals surface area contributed by atoms with Crippen LogP contribution in [-0.4, -0.2) is 45.1 Å². The Morgan fingerprint density at radius 1 is 1.61 bits per heavy atom. The van der Waals surface area contributed by atoms with Crippen LogP contribution in [0.5, 0.6) is 0 Å². The first-order chi connectivity index (χ1) is 8.61. The van der Waals surface area contributed by atoms with Gasteiger partial charge in [-0.05, 0) is 13.3 Å². The SMILES string of the molecule is CC(O)C1CCN(C(=O)c2cnc(NN)cn2)C1. The quantitative estimate of drug-likeness (QED) is 0.499. The largest absolute Gasteiger partial charge is 0.393 e. The van der Waals surface area contributed by atoms with Gasteiger partial charge in [-0.1, -0.05) is 0 Å². The van der Waals surface area contributed by atoms with E-state index in [0.717, 1.165) is 6.42 Å². The molecule has 2 atom stereocenters. The summed E-state index contributed by atoms with van der Waals surface area (Å²) in [5.41, 5.74) is 2.64. The number of carbonyl (C=O) groups excluding carboxylic acids is 1. The fourth-order valence-corrected chi connectivity index (χ4v) is 2.04. The number of aromatic nitrogens is 2. The van der Waals surface area contributed by atoms with Crippen molar-refractivity contribution >= 4 is 11.7 Å². The fraction of sp³-hybridized carbons (Fsp3) is 0.545. The summed E-state index contributed by atoms with van der Waals surface area (Å²) in [7, 11) is 0. The van der Waals surface area contributed by atoms with Gasteiger partial charge in [-0.2, -0.15) is 0 Å². The van der Waals surface area contributed by atoms with Crippen molar-refractivity contribution in [2.45, 2.75) is 19.4 Å². The molecule has 1 amide bonds. The van der Waals surface area contributed by atoms with Crippen LogP contribution >= 0.6 is 0 Å². The minimum absolute atomic E-state index is 0.145. The van der Waals surface area contributed by atoms with E-state index in [1.54, 1.807) is 11.8 Å². The van der Waals surface area contributed by atoms with Gasteiger partial charge in [0.25, 0.3) is 5.91 Å². The number of anilines is 1. The zero-order valence-corrected chi connectivity index (χ0v) is 10.2. The van der Waals surface area contributed by atoms with E-state index in [-0.39, 0.29) is 11.8 Å². The number of nitrogens with zero attached hydrogens (tertiary/aromatic N) is 3.